The maximum atomic E-state index is 7.34. The van der Waals surface area contributed by atoms with Crippen LogP contribution in [0.2, 0.25) is 0 Å². The zero-order valence-corrected chi connectivity index (χ0v) is 6.23. The Morgan fingerprint density at radius 2 is 2.36 bits per heavy atom. The lowest BCUT2D eigenvalue weighted by Gasteiger charge is -2.00. The lowest BCUT2D eigenvalue weighted by Crippen LogP contribution is -2.09. The number of nitrogens with two attached hydrogens (primary N) is 2. The highest BCUT2D eigenvalue weighted by Crippen LogP contribution is 2.20. The van der Waals surface area contributed by atoms with Crippen LogP contribution in [0.1, 0.15) is 12.5 Å². The van der Waals surface area contributed by atoms with E-state index in [-0.39, 0.29) is 0 Å². The Bertz CT molecular complexity index is 275. The highest BCUT2D eigenvalue weighted by atomic mass is 15.2. The van der Waals surface area contributed by atoms with Crippen LogP contribution < -0.4 is 17.0 Å². The van der Waals surface area contributed by atoms with E-state index >= 15 is 0 Å². The molecule has 0 fully saturated rings. The minimum absolute atomic E-state index is 0.386. The highest BCUT2D eigenvalue weighted by molar-refractivity contribution is 6.05. The Hall–Kier alpha value is -1.49. The normalized spacial score (nSPS) is 9.64. The van der Waals surface area contributed by atoms with Crippen molar-refractivity contribution in [2.45, 2.75) is 6.92 Å². The van der Waals surface area contributed by atoms with Gasteiger partial charge < -0.3 is 21.6 Å². The molecule has 0 unspecified atom stereocenters. The summed E-state index contributed by atoms with van der Waals surface area (Å²) in [4.78, 5) is 2.76. The van der Waals surface area contributed by atoms with Crippen LogP contribution in [0, 0.1) is 5.41 Å². The minimum atomic E-state index is 0.386. The molecule has 0 radical (unpaired) electrons. The van der Waals surface area contributed by atoms with Crippen LogP contribution in [-0.2, 0) is 0 Å². The smallest absolute Gasteiger partial charge is 0.112 e. The van der Waals surface area contributed by atoms with Crippen LogP contribution in [0.5, 0.6) is 0 Å². The molecule has 0 bridgehead atoms. The van der Waals surface area contributed by atoms with Crippen LogP contribution in [-0.4, -0.2) is 10.7 Å². The van der Waals surface area contributed by atoms with Gasteiger partial charge in [-0.15, -0.1) is 0 Å². The van der Waals surface area contributed by atoms with Gasteiger partial charge in [0.25, 0.3) is 0 Å². The Kier molecular flexibility index (Phi) is 1.82. The number of aromatic amines is 1. The fraction of sp³-hybridized carbons (Fsp3) is 0.167. The van der Waals surface area contributed by atoms with Crippen molar-refractivity contribution in [2.24, 2.45) is 5.84 Å². The summed E-state index contributed by atoms with van der Waals surface area (Å²) in [6.07, 6.45) is 1.63. The first-order chi connectivity index (χ1) is 5.16. The van der Waals surface area contributed by atoms with Crippen molar-refractivity contribution in [3.05, 3.63) is 11.8 Å². The number of hydrogen-bond acceptors (Lipinski definition) is 4. The fourth-order valence-electron chi connectivity index (χ4n) is 0.957. The molecule has 7 N–H and O–H groups in total. The first kappa shape index (κ1) is 7.62. The van der Waals surface area contributed by atoms with Crippen molar-refractivity contribution in [3.8, 4) is 0 Å². The molecule has 1 rings (SSSR count). The monoisotopic (exact) mass is 153 g/mol. The minimum Gasteiger partial charge on any atom is -0.385 e. The summed E-state index contributed by atoms with van der Waals surface area (Å²) >= 11 is 0. The summed E-state index contributed by atoms with van der Waals surface area (Å²) in [6, 6.07) is 0. The Morgan fingerprint density at radius 3 is 2.73 bits per heavy atom. The van der Waals surface area contributed by atoms with Crippen molar-refractivity contribution >= 4 is 17.2 Å². The van der Waals surface area contributed by atoms with E-state index in [1.165, 1.54) is 0 Å². The van der Waals surface area contributed by atoms with Crippen LogP contribution in [0.25, 0.3) is 0 Å². The predicted molar refractivity (Wildman–Crippen MR) is 45.5 cm³/mol. The number of rotatable bonds is 2. The lowest BCUT2D eigenvalue weighted by molar-refractivity contribution is 1.34. The molecule has 0 saturated carbocycles. The molecule has 0 aliphatic heterocycles. The lowest BCUT2D eigenvalue weighted by atomic mass is 10.2. The SMILES string of the molecule is CC(=N)c1c(NN)c[nH]c1N. The molecule has 11 heavy (non-hydrogen) atoms. The molecule has 60 valence electrons. The quantitative estimate of drug-likeness (QED) is 0.239. The fourth-order valence-corrected chi connectivity index (χ4v) is 0.957. The molecule has 1 aromatic rings. The van der Waals surface area contributed by atoms with Crippen LogP contribution in [0.4, 0.5) is 11.5 Å². The standard InChI is InChI=1S/C6H11N5/c1-3(7)5-4(11-9)2-10-6(5)8/h2,7,10-11H,8-9H2,1H3. The van der Waals surface area contributed by atoms with Gasteiger partial charge in [0.2, 0.25) is 0 Å². The van der Waals surface area contributed by atoms with Gasteiger partial charge in [-0.05, 0) is 6.92 Å². The summed E-state index contributed by atoms with van der Waals surface area (Å²) < 4.78 is 0. The van der Waals surface area contributed by atoms with E-state index in [0.29, 0.717) is 22.8 Å². The summed E-state index contributed by atoms with van der Waals surface area (Å²) in [6.45, 7) is 1.65. The van der Waals surface area contributed by atoms with Gasteiger partial charge in [-0.1, -0.05) is 0 Å². The molecule has 0 aliphatic carbocycles. The van der Waals surface area contributed by atoms with Crippen molar-refractivity contribution in [1.82, 2.24) is 4.98 Å². The third-order valence-corrected chi connectivity index (χ3v) is 1.44. The highest BCUT2D eigenvalue weighted by Gasteiger charge is 2.08. The van der Waals surface area contributed by atoms with Gasteiger partial charge in [0, 0.05) is 11.9 Å². The number of anilines is 2. The largest absolute Gasteiger partial charge is 0.385 e. The van der Waals surface area contributed by atoms with Crippen molar-refractivity contribution in [2.75, 3.05) is 11.2 Å². The van der Waals surface area contributed by atoms with Crippen molar-refractivity contribution in [3.63, 3.8) is 0 Å². The number of hydrogen-bond donors (Lipinski definition) is 5. The topological polar surface area (TPSA) is 104 Å². The predicted octanol–water partition coefficient (Wildman–Crippen LogP) is 0.270. The van der Waals surface area contributed by atoms with Gasteiger partial charge in [0.05, 0.1) is 11.3 Å². The number of H-pyrrole nitrogens is 1. The molecular formula is C6H11N5. The summed E-state index contributed by atoms with van der Waals surface area (Å²) in [5.74, 6) is 5.64. The molecule has 0 saturated heterocycles. The van der Waals surface area contributed by atoms with E-state index in [0.717, 1.165) is 0 Å². The molecule has 5 nitrogen and oxygen atoms in total. The molecule has 0 aromatic carbocycles. The van der Waals surface area contributed by atoms with Gasteiger partial charge in [0.1, 0.15) is 5.82 Å². The maximum absolute atomic E-state index is 7.34. The summed E-state index contributed by atoms with van der Waals surface area (Å²) in [7, 11) is 0. The van der Waals surface area contributed by atoms with Crippen LogP contribution >= 0.6 is 0 Å². The number of hydrazine groups is 1. The molecule has 0 aliphatic rings. The molecule has 5 heteroatoms. The number of nitrogens with one attached hydrogen (secondary N) is 3. The second kappa shape index (κ2) is 2.63. The van der Waals surface area contributed by atoms with Gasteiger partial charge in [-0.25, -0.2) is 0 Å². The second-order valence-corrected chi connectivity index (χ2v) is 2.26. The Labute approximate surface area is 64.3 Å². The van der Waals surface area contributed by atoms with E-state index in [1.54, 1.807) is 13.1 Å². The molecule has 1 heterocycles. The summed E-state index contributed by atoms with van der Waals surface area (Å²) in [5, 5.41) is 7.34. The van der Waals surface area contributed by atoms with Gasteiger partial charge in [-0.3, -0.25) is 5.84 Å². The zero-order valence-electron chi connectivity index (χ0n) is 6.23. The van der Waals surface area contributed by atoms with E-state index in [2.05, 4.69) is 10.4 Å². The van der Waals surface area contributed by atoms with Gasteiger partial charge in [0.15, 0.2) is 0 Å². The third kappa shape index (κ3) is 1.18. The van der Waals surface area contributed by atoms with Crippen molar-refractivity contribution < 1.29 is 0 Å². The van der Waals surface area contributed by atoms with Crippen LogP contribution in [0.15, 0.2) is 6.20 Å². The average molecular weight is 153 g/mol. The van der Waals surface area contributed by atoms with Gasteiger partial charge >= 0.3 is 0 Å². The van der Waals surface area contributed by atoms with E-state index < -0.39 is 0 Å². The maximum Gasteiger partial charge on any atom is 0.112 e. The third-order valence-electron chi connectivity index (χ3n) is 1.44. The zero-order chi connectivity index (χ0) is 8.43. The molecule has 1 aromatic heterocycles. The van der Waals surface area contributed by atoms with Crippen molar-refractivity contribution in [1.29, 1.82) is 5.41 Å². The van der Waals surface area contributed by atoms with E-state index in [9.17, 15) is 0 Å². The van der Waals surface area contributed by atoms with Gasteiger partial charge in [-0.2, -0.15) is 0 Å². The average Bonchev–Trinajstić information content (AvgIpc) is 2.30. The Morgan fingerprint density at radius 1 is 1.73 bits per heavy atom. The molecule has 0 spiro atoms. The second-order valence-electron chi connectivity index (χ2n) is 2.26. The molecular weight excluding hydrogens is 142 g/mol. The Balaban J connectivity index is 3.17. The first-order valence-electron chi connectivity index (χ1n) is 3.15. The summed E-state index contributed by atoms with van der Waals surface area (Å²) in [5.41, 5.74) is 9.64. The number of aromatic nitrogens is 1. The van der Waals surface area contributed by atoms with E-state index in [4.69, 9.17) is 17.0 Å². The molecule has 0 atom stereocenters. The van der Waals surface area contributed by atoms with Crippen LogP contribution in [0.3, 0.4) is 0 Å². The van der Waals surface area contributed by atoms with E-state index in [1.807, 2.05) is 0 Å². The number of nitrogen functional groups attached to an aromatic ring is 2. The molecule has 0 amide bonds. The first-order valence-corrected chi connectivity index (χ1v) is 3.15.